The molecule has 0 bridgehead atoms. The van der Waals surface area contributed by atoms with E-state index >= 15 is 0 Å². The van der Waals surface area contributed by atoms with Crippen molar-refractivity contribution in [1.82, 2.24) is 14.5 Å². The number of aromatic nitrogens is 2. The number of carbonyl (C=O) groups is 2. The van der Waals surface area contributed by atoms with Gasteiger partial charge in [0.05, 0.1) is 23.3 Å². The van der Waals surface area contributed by atoms with Crippen LogP contribution >= 0.6 is 0 Å². The van der Waals surface area contributed by atoms with Crippen molar-refractivity contribution in [3.63, 3.8) is 0 Å². The number of imidazole rings is 1. The summed E-state index contributed by atoms with van der Waals surface area (Å²) < 4.78 is 7.59. The summed E-state index contributed by atoms with van der Waals surface area (Å²) in [6.45, 7) is 8.66. The highest BCUT2D eigenvalue weighted by Gasteiger charge is 2.23. The van der Waals surface area contributed by atoms with Gasteiger partial charge in [0.1, 0.15) is 19.1 Å². The molecule has 0 aliphatic carbocycles. The third-order valence-corrected chi connectivity index (χ3v) is 5.64. The van der Waals surface area contributed by atoms with E-state index in [0.717, 1.165) is 34.3 Å². The highest BCUT2D eigenvalue weighted by atomic mass is 16.5. The average Bonchev–Trinajstić information content (AvgIpc) is 3.11. The van der Waals surface area contributed by atoms with Crippen LogP contribution in [0.4, 0.5) is 5.69 Å². The third-order valence-electron chi connectivity index (χ3n) is 5.64. The van der Waals surface area contributed by atoms with E-state index in [-0.39, 0.29) is 25.1 Å². The Labute approximate surface area is 189 Å². The molecule has 0 spiro atoms. The maximum atomic E-state index is 13.7. The lowest BCUT2D eigenvalue weighted by atomic mass is 10.0. The maximum absolute atomic E-state index is 13.7. The van der Waals surface area contributed by atoms with Crippen molar-refractivity contribution < 1.29 is 14.3 Å². The lowest BCUT2D eigenvalue weighted by Crippen LogP contribution is -2.37. The van der Waals surface area contributed by atoms with Gasteiger partial charge in [0, 0.05) is 20.6 Å². The summed E-state index contributed by atoms with van der Waals surface area (Å²) in [5.41, 5.74) is 4.70. The zero-order valence-corrected chi connectivity index (χ0v) is 19.6. The molecule has 0 radical (unpaired) electrons. The smallest absolute Gasteiger partial charge is 0.248 e. The number of fused-ring (bicyclic) bond motifs is 1. The summed E-state index contributed by atoms with van der Waals surface area (Å²) in [6, 6.07) is 13.8. The Kier molecular flexibility index (Phi) is 7.64. The van der Waals surface area contributed by atoms with Gasteiger partial charge in [-0.1, -0.05) is 37.3 Å². The van der Waals surface area contributed by atoms with Gasteiger partial charge in [-0.3, -0.25) is 14.5 Å². The van der Waals surface area contributed by atoms with Gasteiger partial charge >= 0.3 is 0 Å². The summed E-state index contributed by atoms with van der Waals surface area (Å²) in [5, 5.41) is 0. The molecular weight excluding hydrogens is 404 g/mol. The number of amides is 2. The van der Waals surface area contributed by atoms with Crippen LogP contribution in [0.25, 0.3) is 11.0 Å². The van der Waals surface area contributed by atoms with Crippen LogP contribution in [-0.2, 0) is 33.8 Å². The van der Waals surface area contributed by atoms with Gasteiger partial charge in [-0.15, -0.1) is 0 Å². The van der Waals surface area contributed by atoms with Crippen molar-refractivity contribution in [2.75, 3.05) is 25.3 Å². The zero-order chi connectivity index (χ0) is 23.3. The second-order valence-corrected chi connectivity index (χ2v) is 7.86. The molecule has 3 aromatic rings. The molecule has 0 atom stereocenters. The topological polar surface area (TPSA) is 67.7 Å². The van der Waals surface area contributed by atoms with Gasteiger partial charge in [0.25, 0.3) is 0 Å². The summed E-state index contributed by atoms with van der Waals surface area (Å²) >= 11 is 0. The minimum Gasteiger partial charge on any atom is -0.361 e. The Balaban J connectivity index is 2.02. The minimum absolute atomic E-state index is 0.0552. The molecule has 1 heterocycles. The van der Waals surface area contributed by atoms with Crippen molar-refractivity contribution in [2.24, 2.45) is 0 Å². The summed E-state index contributed by atoms with van der Waals surface area (Å²) in [5.74, 6) is 0.534. The number of hydrogen-bond donors (Lipinski definition) is 0. The third kappa shape index (κ3) is 4.99. The van der Waals surface area contributed by atoms with E-state index in [2.05, 4.69) is 13.0 Å². The molecule has 0 aliphatic heterocycles. The van der Waals surface area contributed by atoms with E-state index < -0.39 is 0 Å². The van der Waals surface area contributed by atoms with Crippen LogP contribution in [0.15, 0.2) is 42.5 Å². The van der Waals surface area contributed by atoms with Gasteiger partial charge in [-0.25, -0.2) is 4.98 Å². The second kappa shape index (κ2) is 10.4. The first-order chi connectivity index (χ1) is 15.4. The highest BCUT2D eigenvalue weighted by molar-refractivity contribution is 5.95. The first kappa shape index (κ1) is 23.5. The molecule has 0 fully saturated rings. The lowest BCUT2D eigenvalue weighted by molar-refractivity contribution is -0.128. The monoisotopic (exact) mass is 436 g/mol. The second-order valence-electron chi connectivity index (χ2n) is 7.86. The Morgan fingerprint density at radius 3 is 2.53 bits per heavy atom. The number of nitrogens with zero attached hydrogens (tertiary/aromatic N) is 4. The summed E-state index contributed by atoms with van der Waals surface area (Å²) in [4.78, 5) is 33.5. The van der Waals surface area contributed by atoms with Crippen molar-refractivity contribution in [3.8, 4) is 0 Å². The predicted molar refractivity (Wildman–Crippen MR) is 126 cm³/mol. The maximum Gasteiger partial charge on any atom is 0.248 e. The Hall–Kier alpha value is -3.19. The van der Waals surface area contributed by atoms with E-state index in [0.29, 0.717) is 19.0 Å². The molecule has 2 amide bonds. The molecule has 0 N–H and O–H groups in total. The Morgan fingerprint density at radius 1 is 1.09 bits per heavy atom. The van der Waals surface area contributed by atoms with E-state index in [4.69, 9.17) is 9.72 Å². The molecule has 1 aromatic heterocycles. The molecular formula is C25H32N4O3. The fourth-order valence-corrected chi connectivity index (χ4v) is 3.80. The molecule has 7 nitrogen and oxygen atoms in total. The molecule has 7 heteroatoms. The molecule has 0 saturated heterocycles. The van der Waals surface area contributed by atoms with Crippen molar-refractivity contribution in [3.05, 3.63) is 59.4 Å². The SMILES string of the molecule is CCOCN(C(=O)Cn1c(CN(C)C(C)=O)nc2ccccc21)c1c(C)cccc1CC. The van der Waals surface area contributed by atoms with Crippen LogP contribution in [-0.4, -0.2) is 46.7 Å². The lowest BCUT2D eigenvalue weighted by Gasteiger charge is -2.27. The van der Waals surface area contributed by atoms with Gasteiger partial charge in [0.15, 0.2) is 0 Å². The van der Waals surface area contributed by atoms with Crippen LogP contribution in [0.1, 0.15) is 37.7 Å². The van der Waals surface area contributed by atoms with Gasteiger partial charge in [-0.05, 0) is 43.5 Å². The number of benzene rings is 2. The first-order valence-corrected chi connectivity index (χ1v) is 11.0. The number of carbonyl (C=O) groups excluding carboxylic acids is 2. The minimum atomic E-state index is -0.0858. The molecule has 2 aromatic carbocycles. The quantitative estimate of drug-likeness (QED) is 0.477. The molecule has 3 rings (SSSR count). The summed E-state index contributed by atoms with van der Waals surface area (Å²) in [6.07, 6.45) is 0.815. The molecule has 170 valence electrons. The van der Waals surface area contributed by atoms with E-state index in [9.17, 15) is 9.59 Å². The number of rotatable bonds is 9. The summed E-state index contributed by atoms with van der Waals surface area (Å²) in [7, 11) is 1.73. The van der Waals surface area contributed by atoms with Gasteiger partial charge < -0.3 is 14.2 Å². The van der Waals surface area contributed by atoms with Crippen molar-refractivity contribution in [2.45, 2.75) is 47.2 Å². The molecule has 0 aliphatic rings. The van der Waals surface area contributed by atoms with Crippen molar-refractivity contribution >= 4 is 28.5 Å². The number of para-hydroxylation sites is 3. The average molecular weight is 437 g/mol. The van der Waals surface area contributed by atoms with Crippen LogP contribution in [0.2, 0.25) is 0 Å². The standard InChI is InChI=1S/C25H32N4O3/c1-6-20-12-10-11-18(3)25(20)29(17-32-7-2)24(31)16-28-22-14-9-8-13-21(22)26-23(28)15-27(5)19(4)30/h8-14H,6-7,15-17H2,1-5H3. The zero-order valence-electron chi connectivity index (χ0n) is 19.6. The number of anilines is 1. The molecule has 0 saturated carbocycles. The molecule has 0 unspecified atom stereocenters. The Morgan fingerprint density at radius 2 is 1.84 bits per heavy atom. The van der Waals surface area contributed by atoms with E-state index in [1.807, 2.05) is 54.8 Å². The van der Waals surface area contributed by atoms with E-state index in [1.54, 1.807) is 16.8 Å². The van der Waals surface area contributed by atoms with E-state index in [1.165, 1.54) is 6.92 Å². The van der Waals surface area contributed by atoms with Crippen LogP contribution in [0.3, 0.4) is 0 Å². The number of hydrogen-bond acceptors (Lipinski definition) is 4. The normalized spacial score (nSPS) is 11.0. The van der Waals surface area contributed by atoms with Crippen LogP contribution in [0, 0.1) is 6.92 Å². The fraction of sp³-hybridized carbons (Fsp3) is 0.400. The van der Waals surface area contributed by atoms with Crippen LogP contribution < -0.4 is 4.90 Å². The first-order valence-electron chi connectivity index (χ1n) is 11.0. The van der Waals surface area contributed by atoms with Gasteiger partial charge in [0.2, 0.25) is 11.8 Å². The fourth-order valence-electron chi connectivity index (χ4n) is 3.80. The highest BCUT2D eigenvalue weighted by Crippen LogP contribution is 2.27. The number of aryl methyl sites for hydroxylation is 2. The predicted octanol–water partition coefficient (Wildman–Crippen LogP) is 3.91. The van der Waals surface area contributed by atoms with Crippen molar-refractivity contribution in [1.29, 1.82) is 0 Å². The molecule has 32 heavy (non-hydrogen) atoms. The van der Waals surface area contributed by atoms with Crippen LogP contribution in [0.5, 0.6) is 0 Å². The number of ether oxygens (including phenoxy) is 1. The Bertz CT molecular complexity index is 1110. The van der Waals surface area contributed by atoms with Gasteiger partial charge in [-0.2, -0.15) is 0 Å². The largest absolute Gasteiger partial charge is 0.361 e.